The van der Waals surface area contributed by atoms with Gasteiger partial charge in [0, 0.05) is 43.4 Å². The molecule has 0 aromatic rings. The van der Waals surface area contributed by atoms with Crippen LogP contribution in [0.4, 0.5) is 0 Å². The SMILES string of the molecule is CCCC(C1CC(Br)CC(C(=O)NC)C1)C(CCN1O[C@@H](CO)[C@H]([C@H](C)O)[C@H]1C(=O)N[C@H]1C[C@H]2C[C@@H]([C@@H]1C)C2(C)C)OC. The van der Waals surface area contributed by atoms with E-state index in [1.807, 2.05) is 0 Å². The van der Waals surface area contributed by atoms with Crippen molar-refractivity contribution in [2.45, 2.75) is 121 Å². The van der Waals surface area contributed by atoms with Gasteiger partial charge in [-0.3, -0.25) is 14.4 Å². The van der Waals surface area contributed by atoms with E-state index < -0.39 is 24.2 Å². The van der Waals surface area contributed by atoms with E-state index in [0.717, 1.165) is 38.5 Å². The zero-order chi connectivity index (χ0) is 31.6. The monoisotopic (exact) mass is 671 g/mol. The number of nitrogens with zero attached hydrogens (tertiary/aromatic N) is 1. The number of fused-ring (bicyclic) bond motifs is 2. The number of ether oxygens (including phenoxy) is 1. The standard InChI is InChI=1S/C33H58BrN3O6/c1-8-9-24(20-12-21(31(40)35-6)14-23(34)13-20)27(42-7)10-11-37-30(29(19(3)39)28(17-38)43-37)32(41)36-26-16-22-15-25(18(26)2)33(22,4)5/h18-30,38-39H,8-17H2,1-7H3,(H,35,40)(H,36,41)/t18-,19-,20?,21?,22+,23?,24?,25-,26-,27?,28-,29-,30-/m0/s1. The zero-order valence-electron chi connectivity index (χ0n) is 27.4. The van der Waals surface area contributed by atoms with Crippen LogP contribution in [0.5, 0.6) is 0 Å². The summed E-state index contributed by atoms with van der Waals surface area (Å²) < 4.78 is 6.13. The summed E-state index contributed by atoms with van der Waals surface area (Å²) in [5.74, 6) is 1.62. The van der Waals surface area contributed by atoms with E-state index in [-0.39, 0.29) is 47.2 Å². The number of aliphatic hydroxyl groups excluding tert-OH is 2. The Morgan fingerprint density at radius 3 is 2.42 bits per heavy atom. The number of nitrogens with one attached hydrogen (secondary N) is 2. The number of carbonyl (C=O) groups excluding carboxylic acids is 2. The highest BCUT2D eigenvalue weighted by atomic mass is 79.9. The first-order valence-electron chi connectivity index (χ1n) is 16.8. The maximum absolute atomic E-state index is 14.0. The van der Waals surface area contributed by atoms with Crippen molar-refractivity contribution < 1.29 is 29.4 Å². The Labute approximate surface area is 267 Å². The number of halogens is 1. The Kier molecular flexibility index (Phi) is 12.0. The van der Waals surface area contributed by atoms with Gasteiger partial charge in [-0.1, -0.05) is 50.0 Å². The molecule has 1 aliphatic heterocycles. The Bertz CT molecular complexity index is 952. The number of hydrogen-bond donors (Lipinski definition) is 4. The maximum atomic E-state index is 14.0. The lowest BCUT2D eigenvalue weighted by Gasteiger charge is -2.62. The number of aliphatic hydroxyl groups is 2. The summed E-state index contributed by atoms with van der Waals surface area (Å²) in [5.41, 5.74) is 0.324. The van der Waals surface area contributed by atoms with Crippen LogP contribution in [0.15, 0.2) is 0 Å². The molecule has 1 heterocycles. The molecule has 5 rings (SSSR count). The second-order valence-electron chi connectivity index (χ2n) is 14.7. The van der Waals surface area contributed by atoms with E-state index in [4.69, 9.17) is 9.57 Å². The molecule has 5 fully saturated rings. The van der Waals surface area contributed by atoms with Crippen LogP contribution in [0.3, 0.4) is 0 Å². The molecule has 5 unspecified atom stereocenters. The van der Waals surface area contributed by atoms with Crippen LogP contribution in [0.25, 0.3) is 0 Å². The molecule has 248 valence electrons. The molecule has 5 aliphatic rings. The fourth-order valence-corrected chi connectivity index (χ4v) is 10.4. The number of hydroxylamine groups is 2. The van der Waals surface area contributed by atoms with Crippen molar-refractivity contribution >= 4 is 27.7 Å². The molecule has 4 aliphatic carbocycles. The molecule has 9 nitrogen and oxygen atoms in total. The molecule has 2 amide bonds. The van der Waals surface area contributed by atoms with Crippen LogP contribution >= 0.6 is 15.9 Å². The Morgan fingerprint density at radius 2 is 1.86 bits per heavy atom. The molecular weight excluding hydrogens is 614 g/mol. The minimum absolute atomic E-state index is 0.0177. The molecule has 43 heavy (non-hydrogen) atoms. The van der Waals surface area contributed by atoms with Gasteiger partial charge in [0.1, 0.15) is 12.1 Å². The largest absolute Gasteiger partial charge is 0.394 e. The van der Waals surface area contributed by atoms with E-state index in [0.29, 0.717) is 42.1 Å². The van der Waals surface area contributed by atoms with Gasteiger partial charge in [0.15, 0.2) is 0 Å². The summed E-state index contributed by atoms with van der Waals surface area (Å²) in [6.45, 7) is 11.0. The fourth-order valence-electron chi connectivity index (χ4n) is 9.42. The second-order valence-corrected chi connectivity index (χ2v) is 16.0. The average molecular weight is 673 g/mol. The van der Waals surface area contributed by atoms with Crippen LogP contribution in [0.1, 0.15) is 86.0 Å². The molecule has 0 spiro atoms. The number of carbonyl (C=O) groups is 2. The third-order valence-electron chi connectivity index (χ3n) is 12.0. The van der Waals surface area contributed by atoms with Gasteiger partial charge in [-0.2, -0.15) is 5.06 Å². The Morgan fingerprint density at radius 1 is 1.14 bits per heavy atom. The number of hydrogen-bond acceptors (Lipinski definition) is 7. The number of rotatable bonds is 13. The molecule has 0 aromatic heterocycles. The summed E-state index contributed by atoms with van der Waals surface area (Å²) in [5, 5.41) is 28.9. The first-order valence-corrected chi connectivity index (χ1v) is 17.7. The van der Waals surface area contributed by atoms with Crippen molar-refractivity contribution in [3.63, 3.8) is 0 Å². The molecule has 4 saturated carbocycles. The molecule has 13 atom stereocenters. The quantitative estimate of drug-likeness (QED) is 0.219. The van der Waals surface area contributed by atoms with Gasteiger partial charge < -0.3 is 25.6 Å². The highest BCUT2D eigenvalue weighted by molar-refractivity contribution is 9.09. The summed E-state index contributed by atoms with van der Waals surface area (Å²) in [6, 6.07) is -0.594. The molecule has 0 radical (unpaired) electrons. The van der Waals surface area contributed by atoms with Crippen molar-refractivity contribution in [2.24, 2.45) is 46.8 Å². The highest BCUT2D eigenvalue weighted by Gasteiger charge is 2.57. The van der Waals surface area contributed by atoms with Gasteiger partial charge in [-0.05, 0) is 86.9 Å². The van der Waals surface area contributed by atoms with E-state index in [1.54, 1.807) is 26.1 Å². The minimum Gasteiger partial charge on any atom is -0.394 e. The molecular formula is C33H58BrN3O6. The van der Waals surface area contributed by atoms with Gasteiger partial charge in [-0.15, -0.1) is 0 Å². The van der Waals surface area contributed by atoms with Crippen LogP contribution in [0, 0.1) is 46.8 Å². The van der Waals surface area contributed by atoms with E-state index in [9.17, 15) is 19.8 Å². The predicted octanol–water partition coefficient (Wildman–Crippen LogP) is 3.89. The normalized spacial score (nSPS) is 39.4. The first kappa shape index (κ1) is 35.1. The lowest BCUT2D eigenvalue weighted by molar-refractivity contribution is -0.182. The van der Waals surface area contributed by atoms with Crippen LogP contribution < -0.4 is 10.6 Å². The van der Waals surface area contributed by atoms with Gasteiger partial charge >= 0.3 is 0 Å². The summed E-state index contributed by atoms with van der Waals surface area (Å²) >= 11 is 3.82. The third kappa shape index (κ3) is 7.30. The Balaban J connectivity index is 1.48. The van der Waals surface area contributed by atoms with E-state index in [2.05, 4.69) is 54.3 Å². The van der Waals surface area contributed by atoms with Crippen LogP contribution in [-0.4, -0.2) is 89.6 Å². The lowest BCUT2D eigenvalue weighted by atomic mass is 9.45. The zero-order valence-corrected chi connectivity index (χ0v) is 29.0. The maximum Gasteiger partial charge on any atom is 0.240 e. The average Bonchev–Trinajstić information content (AvgIpc) is 3.35. The second kappa shape index (κ2) is 14.8. The fraction of sp³-hybridized carbons (Fsp3) is 0.939. The third-order valence-corrected chi connectivity index (χ3v) is 12.8. The van der Waals surface area contributed by atoms with Gasteiger partial charge in [0.25, 0.3) is 0 Å². The van der Waals surface area contributed by atoms with Gasteiger partial charge in [-0.25, -0.2) is 0 Å². The molecule has 10 heteroatoms. The van der Waals surface area contributed by atoms with Crippen molar-refractivity contribution in [3.05, 3.63) is 0 Å². The number of amides is 2. The summed E-state index contributed by atoms with van der Waals surface area (Å²) in [6.07, 6.45) is 5.98. The topological polar surface area (TPSA) is 120 Å². The van der Waals surface area contributed by atoms with Crippen molar-refractivity contribution in [1.82, 2.24) is 15.7 Å². The highest BCUT2D eigenvalue weighted by Crippen LogP contribution is 2.61. The molecule has 2 bridgehead atoms. The summed E-state index contributed by atoms with van der Waals surface area (Å²) in [4.78, 5) is 33.1. The molecule has 1 saturated heterocycles. The number of alkyl halides is 1. The van der Waals surface area contributed by atoms with Gasteiger partial charge in [0.05, 0.1) is 18.8 Å². The van der Waals surface area contributed by atoms with Crippen molar-refractivity contribution in [1.29, 1.82) is 0 Å². The Hall–Kier alpha value is -0.780. The van der Waals surface area contributed by atoms with Crippen LogP contribution in [-0.2, 0) is 19.2 Å². The van der Waals surface area contributed by atoms with Crippen molar-refractivity contribution in [2.75, 3.05) is 27.3 Å². The summed E-state index contributed by atoms with van der Waals surface area (Å²) in [7, 11) is 3.46. The van der Waals surface area contributed by atoms with Crippen molar-refractivity contribution in [3.8, 4) is 0 Å². The smallest absolute Gasteiger partial charge is 0.240 e. The van der Waals surface area contributed by atoms with Crippen LogP contribution in [0.2, 0.25) is 0 Å². The minimum atomic E-state index is -0.820. The van der Waals surface area contributed by atoms with Gasteiger partial charge in [0.2, 0.25) is 11.8 Å². The van der Waals surface area contributed by atoms with E-state index >= 15 is 0 Å². The molecule has 4 N–H and O–H groups in total. The first-order chi connectivity index (χ1) is 20.4. The molecule has 0 aromatic carbocycles. The lowest BCUT2D eigenvalue weighted by Crippen LogP contribution is -2.62. The van der Waals surface area contributed by atoms with E-state index in [1.165, 1.54) is 6.42 Å². The number of methoxy groups -OCH3 is 1. The predicted molar refractivity (Wildman–Crippen MR) is 170 cm³/mol.